The Bertz CT molecular complexity index is 628. The van der Waals surface area contributed by atoms with E-state index in [1.165, 1.54) is 0 Å². The molecule has 0 aromatic heterocycles. The topological polar surface area (TPSA) is 38.3 Å². The second-order valence-corrected chi connectivity index (χ2v) is 5.21. The van der Waals surface area contributed by atoms with Gasteiger partial charge in [-0.3, -0.25) is 4.79 Å². The molecule has 0 bridgehead atoms. The Kier molecular flexibility index (Phi) is 5.23. The van der Waals surface area contributed by atoms with E-state index in [0.29, 0.717) is 5.02 Å². The van der Waals surface area contributed by atoms with Crippen molar-refractivity contribution in [1.82, 2.24) is 5.32 Å². The predicted octanol–water partition coefficient (Wildman–Crippen LogP) is 3.77. The van der Waals surface area contributed by atoms with Crippen molar-refractivity contribution in [3.63, 3.8) is 0 Å². The van der Waals surface area contributed by atoms with Gasteiger partial charge in [-0.05, 0) is 24.6 Å². The molecule has 0 fully saturated rings. The monoisotopic (exact) mass is 303 g/mol. The summed E-state index contributed by atoms with van der Waals surface area (Å²) >= 11 is 6.14. The lowest BCUT2D eigenvalue weighted by atomic mass is 10.1. The Hall–Kier alpha value is -2.00. The predicted molar refractivity (Wildman–Crippen MR) is 84.7 cm³/mol. The van der Waals surface area contributed by atoms with E-state index in [1.54, 1.807) is 7.11 Å². The van der Waals surface area contributed by atoms with Gasteiger partial charge in [0.2, 0.25) is 5.91 Å². The second-order valence-electron chi connectivity index (χ2n) is 4.80. The van der Waals surface area contributed by atoms with Crippen LogP contribution in [0, 0.1) is 0 Å². The number of carbonyl (C=O) groups is 1. The highest BCUT2D eigenvalue weighted by atomic mass is 35.5. The van der Waals surface area contributed by atoms with Crippen LogP contribution in [0.1, 0.15) is 24.1 Å². The Morgan fingerprint density at radius 3 is 2.57 bits per heavy atom. The molecule has 0 aliphatic carbocycles. The first kappa shape index (κ1) is 15.4. The van der Waals surface area contributed by atoms with Gasteiger partial charge in [0, 0.05) is 10.6 Å². The molecule has 0 spiro atoms. The van der Waals surface area contributed by atoms with E-state index in [4.69, 9.17) is 16.3 Å². The first-order chi connectivity index (χ1) is 10.1. The number of amides is 1. The molecule has 0 aliphatic rings. The SMILES string of the molecule is COc1ccccc1CC(=O)N[C@H](C)c1ccccc1Cl. The summed E-state index contributed by atoms with van der Waals surface area (Å²) in [6, 6.07) is 14.9. The van der Waals surface area contributed by atoms with Crippen LogP contribution in [0.25, 0.3) is 0 Å². The number of hydrogen-bond acceptors (Lipinski definition) is 2. The molecule has 3 nitrogen and oxygen atoms in total. The summed E-state index contributed by atoms with van der Waals surface area (Å²) in [7, 11) is 1.60. The summed E-state index contributed by atoms with van der Waals surface area (Å²) in [6.45, 7) is 1.92. The average Bonchev–Trinajstić information content (AvgIpc) is 2.48. The molecule has 0 aliphatic heterocycles. The highest BCUT2D eigenvalue weighted by molar-refractivity contribution is 6.31. The molecule has 0 saturated heterocycles. The van der Waals surface area contributed by atoms with Crippen LogP contribution >= 0.6 is 11.6 Å². The van der Waals surface area contributed by atoms with Crippen LogP contribution in [0.3, 0.4) is 0 Å². The van der Waals surface area contributed by atoms with Gasteiger partial charge in [0.25, 0.3) is 0 Å². The van der Waals surface area contributed by atoms with Gasteiger partial charge in [-0.1, -0.05) is 48.0 Å². The molecule has 2 rings (SSSR count). The van der Waals surface area contributed by atoms with Gasteiger partial charge in [-0.25, -0.2) is 0 Å². The van der Waals surface area contributed by atoms with Crippen LogP contribution in [-0.2, 0) is 11.2 Å². The fourth-order valence-electron chi connectivity index (χ4n) is 2.22. The zero-order chi connectivity index (χ0) is 15.2. The van der Waals surface area contributed by atoms with Crippen molar-refractivity contribution in [2.45, 2.75) is 19.4 Å². The number of ether oxygens (including phenoxy) is 1. The molecule has 4 heteroatoms. The summed E-state index contributed by atoms with van der Waals surface area (Å²) < 4.78 is 5.25. The fraction of sp³-hybridized carbons (Fsp3) is 0.235. The molecular weight excluding hydrogens is 286 g/mol. The molecule has 2 aromatic carbocycles. The third-order valence-corrected chi connectivity index (χ3v) is 3.64. The standard InChI is InChI=1S/C17H18ClNO2/c1-12(14-8-4-5-9-15(14)18)19-17(20)11-13-7-3-6-10-16(13)21-2/h3-10,12H,11H2,1-2H3,(H,19,20)/t12-/m1/s1. The molecule has 21 heavy (non-hydrogen) atoms. The van der Waals surface area contributed by atoms with Crippen molar-refractivity contribution in [2.24, 2.45) is 0 Å². The van der Waals surface area contributed by atoms with Crippen LogP contribution in [0.15, 0.2) is 48.5 Å². The first-order valence-corrected chi connectivity index (χ1v) is 7.15. The summed E-state index contributed by atoms with van der Waals surface area (Å²) in [5, 5.41) is 3.61. The highest BCUT2D eigenvalue weighted by Crippen LogP contribution is 2.23. The normalized spacial score (nSPS) is 11.8. The van der Waals surface area contributed by atoms with E-state index < -0.39 is 0 Å². The van der Waals surface area contributed by atoms with Crippen molar-refractivity contribution in [3.05, 3.63) is 64.7 Å². The molecule has 0 heterocycles. The van der Waals surface area contributed by atoms with Crippen LogP contribution in [-0.4, -0.2) is 13.0 Å². The largest absolute Gasteiger partial charge is 0.496 e. The Morgan fingerprint density at radius 1 is 1.19 bits per heavy atom. The average molecular weight is 304 g/mol. The maximum absolute atomic E-state index is 12.2. The molecule has 1 N–H and O–H groups in total. The zero-order valence-electron chi connectivity index (χ0n) is 12.1. The van der Waals surface area contributed by atoms with E-state index in [-0.39, 0.29) is 18.4 Å². The molecule has 0 radical (unpaired) electrons. The van der Waals surface area contributed by atoms with Gasteiger partial charge >= 0.3 is 0 Å². The van der Waals surface area contributed by atoms with Crippen molar-refractivity contribution in [2.75, 3.05) is 7.11 Å². The van der Waals surface area contributed by atoms with E-state index >= 15 is 0 Å². The second kappa shape index (κ2) is 7.14. The van der Waals surface area contributed by atoms with Crippen molar-refractivity contribution in [3.8, 4) is 5.75 Å². The third kappa shape index (κ3) is 3.99. The lowest BCUT2D eigenvalue weighted by Crippen LogP contribution is -2.28. The maximum atomic E-state index is 12.2. The number of carbonyl (C=O) groups excluding carboxylic acids is 1. The molecule has 2 aromatic rings. The van der Waals surface area contributed by atoms with E-state index in [1.807, 2.05) is 55.5 Å². The van der Waals surface area contributed by atoms with Crippen LogP contribution in [0.5, 0.6) is 5.75 Å². The number of hydrogen-bond donors (Lipinski definition) is 1. The number of halogens is 1. The molecular formula is C17H18ClNO2. The van der Waals surface area contributed by atoms with E-state index in [9.17, 15) is 4.79 Å². The van der Waals surface area contributed by atoms with Crippen LogP contribution < -0.4 is 10.1 Å². The first-order valence-electron chi connectivity index (χ1n) is 6.77. The van der Waals surface area contributed by atoms with E-state index in [0.717, 1.165) is 16.9 Å². The fourth-order valence-corrected chi connectivity index (χ4v) is 2.52. The van der Waals surface area contributed by atoms with Crippen molar-refractivity contribution < 1.29 is 9.53 Å². The van der Waals surface area contributed by atoms with E-state index in [2.05, 4.69) is 5.32 Å². The molecule has 1 atom stereocenters. The zero-order valence-corrected chi connectivity index (χ0v) is 12.9. The van der Waals surface area contributed by atoms with Gasteiger partial charge in [0.1, 0.15) is 5.75 Å². The number of rotatable bonds is 5. The van der Waals surface area contributed by atoms with Crippen molar-refractivity contribution >= 4 is 17.5 Å². The minimum absolute atomic E-state index is 0.0630. The van der Waals surface area contributed by atoms with Crippen LogP contribution in [0.4, 0.5) is 0 Å². The quantitative estimate of drug-likeness (QED) is 0.913. The van der Waals surface area contributed by atoms with Crippen molar-refractivity contribution in [1.29, 1.82) is 0 Å². The molecule has 1 amide bonds. The van der Waals surface area contributed by atoms with Crippen LogP contribution in [0.2, 0.25) is 5.02 Å². The Morgan fingerprint density at radius 2 is 1.86 bits per heavy atom. The third-order valence-electron chi connectivity index (χ3n) is 3.29. The summed E-state index contributed by atoms with van der Waals surface area (Å²) in [4.78, 5) is 12.2. The van der Waals surface area contributed by atoms with Gasteiger partial charge in [-0.2, -0.15) is 0 Å². The highest BCUT2D eigenvalue weighted by Gasteiger charge is 2.14. The van der Waals surface area contributed by atoms with Gasteiger partial charge in [-0.15, -0.1) is 0 Å². The Labute approximate surface area is 129 Å². The maximum Gasteiger partial charge on any atom is 0.225 e. The summed E-state index contributed by atoms with van der Waals surface area (Å²) in [6.07, 6.45) is 0.277. The van der Waals surface area contributed by atoms with Gasteiger partial charge < -0.3 is 10.1 Å². The lowest BCUT2D eigenvalue weighted by Gasteiger charge is -2.16. The molecule has 0 saturated carbocycles. The smallest absolute Gasteiger partial charge is 0.225 e. The molecule has 110 valence electrons. The number of methoxy groups -OCH3 is 1. The number of nitrogens with one attached hydrogen (secondary N) is 1. The molecule has 0 unspecified atom stereocenters. The lowest BCUT2D eigenvalue weighted by molar-refractivity contribution is -0.121. The number of para-hydroxylation sites is 1. The minimum Gasteiger partial charge on any atom is -0.496 e. The number of benzene rings is 2. The van der Waals surface area contributed by atoms with Gasteiger partial charge in [0.15, 0.2) is 0 Å². The summed E-state index contributed by atoms with van der Waals surface area (Å²) in [5.41, 5.74) is 1.77. The van der Waals surface area contributed by atoms with Gasteiger partial charge in [0.05, 0.1) is 19.6 Å². The Balaban J connectivity index is 2.03. The minimum atomic E-state index is -0.138. The summed E-state index contributed by atoms with van der Waals surface area (Å²) in [5.74, 6) is 0.657.